The Labute approximate surface area is 204 Å². The number of rotatable bonds is 6. The highest BCUT2D eigenvalue weighted by atomic mass is 32.2. The summed E-state index contributed by atoms with van der Waals surface area (Å²) in [5.41, 5.74) is 0.195. The number of nitrogens with zero attached hydrogens (tertiary/aromatic N) is 2. The second-order valence-corrected chi connectivity index (χ2v) is 11.6. The number of likely N-dealkylation sites (tertiary alicyclic amines) is 1. The molecule has 0 unspecified atom stereocenters. The Balaban J connectivity index is 1.67. The summed E-state index contributed by atoms with van der Waals surface area (Å²) in [5.74, 6) is -0.643. The number of amides is 1. The average Bonchev–Trinajstić information content (AvgIpc) is 3.16. The monoisotopic (exact) mass is 504 g/mol. The maximum absolute atomic E-state index is 13.6. The highest BCUT2D eigenvalue weighted by molar-refractivity contribution is 7.92. The molecule has 1 saturated heterocycles. The second kappa shape index (κ2) is 9.49. The lowest BCUT2D eigenvalue weighted by Crippen LogP contribution is -2.48. The van der Waals surface area contributed by atoms with Gasteiger partial charge in [0.15, 0.2) is 0 Å². The molecular weight excluding hydrogens is 475 g/mol. The summed E-state index contributed by atoms with van der Waals surface area (Å²) in [6, 6.07) is 9.51. The first-order valence-electron chi connectivity index (χ1n) is 11.5. The van der Waals surface area contributed by atoms with Crippen LogP contribution in [-0.4, -0.2) is 56.5 Å². The third-order valence-corrected chi connectivity index (χ3v) is 7.51. The quantitative estimate of drug-likeness (QED) is 0.561. The van der Waals surface area contributed by atoms with E-state index in [0.717, 1.165) is 18.6 Å². The van der Waals surface area contributed by atoms with E-state index in [0.29, 0.717) is 24.3 Å². The number of benzene rings is 2. The summed E-state index contributed by atoms with van der Waals surface area (Å²) in [4.78, 5) is 26.1. The number of ether oxygens (including phenoxy) is 2. The molecule has 2 aliphatic heterocycles. The first-order chi connectivity index (χ1) is 16.4. The van der Waals surface area contributed by atoms with Crippen molar-refractivity contribution in [3.05, 3.63) is 53.8 Å². The third kappa shape index (κ3) is 5.75. The van der Waals surface area contributed by atoms with E-state index >= 15 is 0 Å². The number of halogens is 1. The molecule has 0 radical (unpaired) electrons. The Kier molecular flexibility index (Phi) is 6.77. The van der Waals surface area contributed by atoms with Crippen LogP contribution in [0.2, 0.25) is 0 Å². The zero-order valence-corrected chi connectivity index (χ0v) is 20.8. The number of anilines is 1. The fourth-order valence-corrected chi connectivity index (χ4v) is 5.71. The van der Waals surface area contributed by atoms with Gasteiger partial charge >= 0.3 is 5.97 Å². The van der Waals surface area contributed by atoms with Crippen LogP contribution >= 0.6 is 0 Å². The molecule has 2 heterocycles. The molecule has 35 heavy (non-hydrogen) atoms. The molecule has 0 aliphatic carbocycles. The lowest BCUT2D eigenvalue weighted by Gasteiger charge is -2.37. The van der Waals surface area contributed by atoms with Gasteiger partial charge in [-0.15, -0.1) is 0 Å². The Hall–Kier alpha value is -3.14. The fourth-order valence-electron chi connectivity index (χ4n) is 4.21. The Morgan fingerprint density at radius 3 is 2.51 bits per heavy atom. The van der Waals surface area contributed by atoms with Crippen molar-refractivity contribution in [1.29, 1.82) is 0 Å². The van der Waals surface area contributed by atoms with Gasteiger partial charge in [-0.3, -0.25) is 13.9 Å². The molecule has 0 N–H and O–H groups in total. The largest absolute Gasteiger partial charge is 0.484 e. The van der Waals surface area contributed by atoms with Crippen molar-refractivity contribution >= 4 is 27.6 Å². The summed E-state index contributed by atoms with van der Waals surface area (Å²) in [6.45, 7) is 6.14. The van der Waals surface area contributed by atoms with Crippen molar-refractivity contribution in [3.63, 3.8) is 0 Å². The van der Waals surface area contributed by atoms with Crippen LogP contribution in [0, 0.1) is 5.82 Å². The summed E-state index contributed by atoms with van der Waals surface area (Å²) >= 11 is 0. The minimum absolute atomic E-state index is 0.0139. The zero-order chi connectivity index (χ0) is 25.4. The van der Waals surface area contributed by atoms with E-state index < -0.39 is 33.5 Å². The van der Waals surface area contributed by atoms with E-state index in [1.165, 1.54) is 16.4 Å². The van der Waals surface area contributed by atoms with Gasteiger partial charge in [-0.05, 0) is 69.2 Å². The minimum Gasteiger partial charge on any atom is -0.484 e. The SMILES string of the molecule is CC(C)(C)OC(=O)Cc1ccc2c(c1)N(S(=O)(=O)c1ccc(F)cc1)C[C@H](CN1CCCC1=O)O2. The summed E-state index contributed by atoms with van der Waals surface area (Å²) in [7, 11) is -4.08. The lowest BCUT2D eigenvalue weighted by molar-refractivity contribution is -0.153. The minimum atomic E-state index is -4.08. The van der Waals surface area contributed by atoms with Crippen LogP contribution < -0.4 is 9.04 Å². The molecule has 188 valence electrons. The van der Waals surface area contributed by atoms with Crippen molar-refractivity contribution < 1.29 is 31.9 Å². The van der Waals surface area contributed by atoms with Crippen molar-refractivity contribution in [3.8, 4) is 5.75 Å². The van der Waals surface area contributed by atoms with Gasteiger partial charge < -0.3 is 14.4 Å². The van der Waals surface area contributed by atoms with E-state index in [1.54, 1.807) is 43.9 Å². The van der Waals surface area contributed by atoms with Gasteiger partial charge in [-0.1, -0.05) is 6.07 Å². The highest BCUT2D eigenvalue weighted by Crippen LogP contribution is 2.38. The third-order valence-electron chi connectivity index (χ3n) is 5.72. The van der Waals surface area contributed by atoms with Crippen LogP contribution in [0.4, 0.5) is 10.1 Å². The first-order valence-corrected chi connectivity index (χ1v) is 12.9. The van der Waals surface area contributed by atoms with Gasteiger partial charge in [0, 0.05) is 13.0 Å². The summed E-state index contributed by atoms with van der Waals surface area (Å²) in [6.07, 6.45) is 0.597. The van der Waals surface area contributed by atoms with E-state index in [1.807, 2.05) is 0 Å². The molecule has 0 spiro atoms. The summed E-state index contributed by atoms with van der Waals surface area (Å²) in [5, 5.41) is 0. The van der Waals surface area contributed by atoms with E-state index in [4.69, 9.17) is 9.47 Å². The van der Waals surface area contributed by atoms with Gasteiger partial charge in [0.25, 0.3) is 10.0 Å². The van der Waals surface area contributed by atoms with Crippen LogP contribution in [0.5, 0.6) is 5.75 Å². The topological polar surface area (TPSA) is 93.2 Å². The first kappa shape index (κ1) is 25.0. The summed E-state index contributed by atoms with van der Waals surface area (Å²) < 4.78 is 53.4. The predicted octanol–water partition coefficient (Wildman–Crippen LogP) is 3.29. The van der Waals surface area contributed by atoms with Gasteiger partial charge in [0.2, 0.25) is 5.91 Å². The number of esters is 1. The van der Waals surface area contributed by atoms with Crippen molar-refractivity contribution in [2.45, 2.75) is 56.6 Å². The number of sulfonamides is 1. The fraction of sp³-hybridized carbons (Fsp3) is 0.440. The Morgan fingerprint density at radius 1 is 1.17 bits per heavy atom. The normalized spacial score (nSPS) is 18.3. The van der Waals surface area contributed by atoms with Crippen LogP contribution in [-0.2, 0) is 30.8 Å². The van der Waals surface area contributed by atoms with E-state index in [2.05, 4.69) is 0 Å². The van der Waals surface area contributed by atoms with E-state index in [9.17, 15) is 22.4 Å². The predicted molar refractivity (Wildman–Crippen MR) is 127 cm³/mol. The molecule has 1 amide bonds. The van der Waals surface area contributed by atoms with Crippen molar-refractivity contribution in [2.75, 3.05) is 23.9 Å². The van der Waals surface area contributed by atoms with Crippen LogP contribution in [0.1, 0.15) is 39.2 Å². The van der Waals surface area contributed by atoms with Gasteiger partial charge in [-0.2, -0.15) is 0 Å². The van der Waals surface area contributed by atoms with Gasteiger partial charge in [0.1, 0.15) is 23.3 Å². The number of carbonyl (C=O) groups excluding carboxylic acids is 2. The number of hydrogen-bond acceptors (Lipinski definition) is 6. The van der Waals surface area contributed by atoms with Gasteiger partial charge in [-0.25, -0.2) is 12.8 Å². The molecule has 4 rings (SSSR count). The van der Waals surface area contributed by atoms with Crippen molar-refractivity contribution in [2.24, 2.45) is 0 Å². The maximum atomic E-state index is 13.6. The van der Waals surface area contributed by atoms with E-state index in [-0.39, 0.29) is 36.0 Å². The standard InChI is InChI=1S/C25H29FN2O6S/c1-25(2,3)34-24(30)14-17-6-11-22-21(13-17)28(35(31,32)20-9-7-18(26)8-10-20)16-19(33-22)15-27-12-4-5-23(27)29/h6-11,13,19H,4-5,12,14-16H2,1-3H3/t19-/m0/s1. The average molecular weight is 505 g/mol. The zero-order valence-electron chi connectivity index (χ0n) is 20.0. The molecular formula is C25H29FN2O6S. The maximum Gasteiger partial charge on any atom is 0.310 e. The smallest absolute Gasteiger partial charge is 0.310 e. The van der Waals surface area contributed by atoms with Crippen LogP contribution in [0.3, 0.4) is 0 Å². The van der Waals surface area contributed by atoms with Crippen LogP contribution in [0.25, 0.3) is 0 Å². The Morgan fingerprint density at radius 2 is 1.89 bits per heavy atom. The molecule has 1 fully saturated rings. The molecule has 0 bridgehead atoms. The molecule has 0 aromatic heterocycles. The molecule has 0 saturated carbocycles. The molecule has 10 heteroatoms. The molecule has 8 nitrogen and oxygen atoms in total. The second-order valence-electron chi connectivity index (χ2n) is 9.74. The lowest BCUT2D eigenvalue weighted by atomic mass is 10.1. The number of fused-ring (bicyclic) bond motifs is 1. The Bertz CT molecular complexity index is 1220. The number of hydrogen-bond donors (Lipinski definition) is 0. The highest BCUT2D eigenvalue weighted by Gasteiger charge is 2.37. The van der Waals surface area contributed by atoms with Crippen LogP contribution in [0.15, 0.2) is 47.4 Å². The van der Waals surface area contributed by atoms with Gasteiger partial charge in [0.05, 0.1) is 30.1 Å². The number of carbonyl (C=O) groups is 2. The molecule has 1 atom stereocenters. The molecule has 2 aromatic carbocycles. The molecule has 2 aromatic rings. The van der Waals surface area contributed by atoms with Crippen molar-refractivity contribution in [1.82, 2.24) is 4.90 Å². The molecule has 2 aliphatic rings.